The van der Waals surface area contributed by atoms with E-state index in [-0.39, 0.29) is 11.5 Å². The van der Waals surface area contributed by atoms with Crippen LogP contribution in [0.5, 0.6) is 0 Å². The van der Waals surface area contributed by atoms with Crippen molar-refractivity contribution >= 4 is 0 Å². The summed E-state index contributed by atoms with van der Waals surface area (Å²) in [6, 6.07) is 12.3. The summed E-state index contributed by atoms with van der Waals surface area (Å²) in [6.45, 7) is 7.66. The molecule has 1 aromatic rings. The van der Waals surface area contributed by atoms with E-state index in [1.165, 1.54) is 0 Å². The van der Waals surface area contributed by atoms with E-state index in [1.807, 2.05) is 30.3 Å². The number of ether oxygens (including phenoxy) is 1. The normalized spacial score (nSPS) is 20.9. The molecule has 1 fully saturated rings. The first-order chi connectivity index (χ1) is 11.0. The van der Waals surface area contributed by atoms with Crippen molar-refractivity contribution in [3.63, 3.8) is 0 Å². The molecule has 2 atom stereocenters. The highest BCUT2D eigenvalue weighted by atomic mass is 16.5. The fraction of sp³-hybridized carbons (Fsp3) is 0.632. The number of rotatable bonds is 7. The lowest BCUT2D eigenvalue weighted by Gasteiger charge is -2.41. The average Bonchev–Trinajstić information content (AvgIpc) is 2.55. The third kappa shape index (κ3) is 5.62. The Hall–Kier alpha value is -1.41. The Morgan fingerprint density at radius 2 is 2.13 bits per heavy atom. The summed E-state index contributed by atoms with van der Waals surface area (Å²) in [6.07, 6.45) is 1.70. The molecule has 0 radical (unpaired) electrons. The Balaban J connectivity index is 1.97. The summed E-state index contributed by atoms with van der Waals surface area (Å²) in [5.41, 5.74) is 1.06. The second-order valence-corrected chi connectivity index (χ2v) is 7.18. The van der Waals surface area contributed by atoms with Gasteiger partial charge in [-0.05, 0) is 23.8 Å². The van der Waals surface area contributed by atoms with E-state index in [2.05, 4.69) is 24.8 Å². The third-order valence-electron chi connectivity index (χ3n) is 4.57. The zero-order valence-corrected chi connectivity index (χ0v) is 14.2. The zero-order chi connectivity index (χ0) is 16.7. The topological polar surface area (TPSA) is 56.5 Å². The van der Waals surface area contributed by atoms with Crippen molar-refractivity contribution in [2.45, 2.75) is 45.3 Å². The van der Waals surface area contributed by atoms with Gasteiger partial charge in [0.05, 0.1) is 25.4 Å². The minimum Gasteiger partial charge on any atom is -0.388 e. The van der Waals surface area contributed by atoms with Crippen LogP contribution in [0.3, 0.4) is 0 Å². The molecule has 1 heterocycles. The largest absolute Gasteiger partial charge is 0.388 e. The third-order valence-corrected chi connectivity index (χ3v) is 4.57. The van der Waals surface area contributed by atoms with Gasteiger partial charge in [-0.2, -0.15) is 5.26 Å². The molecule has 2 unspecified atom stereocenters. The summed E-state index contributed by atoms with van der Waals surface area (Å²) in [5, 5.41) is 19.3. The van der Waals surface area contributed by atoms with Crippen molar-refractivity contribution in [3.05, 3.63) is 35.9 Å². The minimum absolute atomic E-state index is 0.100. The highest BCUT2D eigenvalue weighted by molar-refractivity contribution is 5.17. The van der Waals surface area contributed by atoms with Crippen molar-refractivity contribution in [2.24, 2.45) is 5.41 Å². The van der Waals surface area contributed by atoms with E-state index in [9.17, 15) is 5.11 Å². The molecule has 4 heteroatoms. The van der Waals surface area contributed by atoms with Gasteiger partial charge in [-0.1, -0.05) is 44.2 Å². The van der Waals surface area contributed by atoms with Gasteiger partial charge in [-0.15, -0.1) is 0 Å². The number of morpholine rings is 1. The van der Waals surface area contributed by atoms with Crippen molar-refractivity contribution in [2.75, 3.05) is 26.3 Å². The van der Waals surface area contributed by atoms with Crippen molar-refractivity contribution in [3.8, 4) is 6.07 Å². The maximum atomic E-state index is 10.5. The highest BCUT2D eigenvalue weighted by Gasteiger charge is 2.30. The van der Waals surface area contributed by atoms with Gasteiger partial charge in [0.15, 0.2) is 0 Å². The molecule has 0 spiro atoms. The maximum Gasteiger partial charge on any atom is 0.0805 e. The molecule has 0 bridgehead atoms. The number of benzene rings is 1. The number of aliphatic hydroxyl groups is 1. The van der Waals surface area contributed by atoms with Crippen LogP contribution in [0.15, 0.2) is 30.3 Å². The van der Waals surface area contributed by atoms with E-state index in [0.717, 1.165) is 31.7 Å². The van der Waals surface area contributed by atoms with Gasteiger partial charge in [-0.25, -0.2) is 0 Å². The van der Waals surface area contributed by atoms with Crippen LogP contribution in [-0.4, -0.2) is 42.4 Å². The van der Waals surface area contributed by atoms with E-state index in [4.69, 9.17) is 10.00 Å². The first-order valence-corrected chi connectivity index (χ1v) is 8.43. The Morgan fingerprint density at radius 3 is 2.83 bits per heavy atom. The molecule has 1 aromatic carbocycles. The van der Waals surface area contributed by atoms with Gasteiger partial charge in [0.1, 0.15) is 0 Å². The lowest BCUT2D eigenvalue weighted by Crippen LogP contribution is -2.49. The maximum absolute atomic E-state index is 10.5. The number of hydrogen-bond donors (Lipinski definition) is 1. The van der Waals surface area contributed by atoms with E-state index >= 15 is 0 Å². The number of nitriles is 1. The van der Waals surface area contributed by atoms with Crippen LogP contribution in [0.4, 0.5) is 0 Å². The molecule has 23 heavy (non-hydrogen) atoms. The number of aliphatic hydroxyl groups excluding tert-OH is 1. The molecular weight excluding hydrogens is 288 g/mol. The van der Waals surface area contributed by atoms with Crippen molar-refractivity contribution in [1.82, 2.24) is 4.90 Å². The molecule has 0 amide bonds. The van der Waals surface area contributed by atoms with Crippen LogP contribution >= 0.6 is 0 Å². The van der Waals surface area contributed by atoms with E-state index in [1.54, 1.807) is 0 Å². The lowest BCUT2D eigenvalue weighted by molar-refractivity contribution is -0.0401. The Morgan fingerprint density at radius 1 is 1.39 bits per heavy atom. The summed E-state index contributed by atoms with van der Waals surface area (Å²) in [7, 11) is 0. The highest BCUT2D eigenvalue weighted by Crippen LogP contribution is 2.28. The second kappa shape index (κ2) is 8.44. The molecule has 0 aliphatic carbocycles. The van der Waals surface area contributed by atoms with E-state index in [0.29, 0.717) is 19.4 Å². The van der Waals surface area contributed by atoms with Crippen LogP contribution in [0, 0.1) is 16.7 Å². The predicted octanol–water partition coefficient (Wildman–Crippen LogP) is 3.14. The Bertz CT molecular complexity index is 510. The van der Waals surface area contributed by atoms with Gasteiger partial charge >= 0.3 is 0 Å². The molecule has 1 aliphatic heterocycles. The summed E-state index contributed by atoms with van der Waals surface area (Å²) >= 11 is 0. The van der Waals surface area contributed by atoms with Gasteiger partial charge in [0.25, 0.3) is 0 Å². The first kappa shape index (κ1) is 17.9. The Labute approximate surface area is 139 Å². The van der Waals surface area contributed by atoms with Crippen LogP contribution in [0.25, 0.3) is 0 Å². The molecule has 0 saturated carbocycles. The molecule has 1 saturated heterocycles. The van der Waals surface area contributed by atoms with E-state index < -0.39 is 6.10 Å². The van der Waals surface area contributed by atoms with Gasteiger partial charge < -0.3 is 9.84 Å². The monoisotopic (exact) mass is 316 g/mol. The molecular formula is C19H28N2O2. The fourth-order valence-electron chi connectivity index (χ4n) is 3.21. The summed E-state index contributed by atoms with van der Waals surface area (Å²) in [4.78, 5) is 2.42. The first-order valence-electron chi connectivity index (χ1n) is 8.43. The molecule has 126 valence electrons. The molecule has 4 nitrogen and oxygen atoms in total. The fourth-order valence-corrected chi connectivity index (χ4v) is 3.21. The summed E-state index contributed by atoms with van der Waals surface area (Å²) < 4.78 is 5.64. The van der Waals surface area contributed by atoms with Crippen LogP contribution < -0.4 is 0 Å². The van der Waals surface area contributed by atoms with Crippen molar-refractivity contribution in [1.29, 1.82) is 5.26 Å². The Kier molecular flexibility index (Phi) is 6.59. The predicted molar refractivity (Wildman–Crippen MR) is 90.8 cm³/mol. The SMILES string of the molecule is CC(C)(CCC#N)CN1CCOCC1CC(O)c1ccccc1. The zero-order valence-electron chi connectivity index (χ0n) is 14.2. The van der Waals surface area contributed by atoms with Crippen LogP contribution in [0.2, 0.25) is 0 Å². The van der Waals surface area contributed by atoms with Gasteiger partial charge in [-0.3, -0.25) is 4.90 Å². The molecule has 0 aromatic heterocycles. The standard InChI is InChI=1S/C19H28N2O2/c1-19(2,9-6-10-20)15-21-11-12-23-14-17(21)13-18(22)16-7-4-3-5-8-16/h3-5,7-8,17-18,22H,6,9,11-15H2,1-2H3. The van der Waals surface area contributed by atoms with Crippen molar-refractivity contribution < 1.29 is 9.84 Å². The van der Waals surface area contributed by atoms with Gasteiger partial charge in [0.2, 0.25) is 0 Å². The summed E-state index contributed by atoms with van der Waals surface area (Å²) in [5.74, 6) is 0. The lowest BCUT2D eigenvalue weighted by atomic mass is 9.86. The van der Waals surface area contributed by atoms with Crippen LogP contribution in [-0.2, 0) is 4.74 Å². The smallest absolute Gasteiger partial charge is 0.0805 e. The number of nitrogens with zero attached hydrogens (tertiary/aromatic N) is 2. The van der Waals surface area contributed by atoms with Gasteiger partial charge in [0, 0.05) is 25.6 Å². The minimum atomic E-state index is -0.465. The van der Waals surface area contributed by atoms with Crippen LogP contribution in [0.1, 0.15) is 44.8 Å². The molecule has 2 rings (SSSR count). The molecule has 1 N–H and O–H groups in total. The second-order valence-electron chi connectivity index (χ2n) is 7.18. The quantitative estimate of drug-likeness (QED) is 0.839. The number of hydrogen-bond acceptors (Lipinski definition) is 4. The average molecular weight is 316 g/mol. The molecule has 1 aliphatic rings.